The quantitative estimate of drug-likeness (QED) is 0.443. The van der Waals surface area contributed by atoms with Crippen LogP contribution in [0.15, 0.2) is 47.3 Å². The standard InChI is InChI=1S/C15H15N3O3/c1-2-20-21-10-12-8-14-16-13(9-15(19)18(14)17-12)11-6-4-3-5-7-11/h3-9,17H,2,10H2,1H3. The lowest BCUT2D eigenvalue weighted by Gasteiger charge is -2.00. The Balaban J connectivity index is 1.98. The number of hydrogen-bond acceptors (Lipinski definition) is 4. The van der Waals surface area contributed by atoms with Gasteiger partial charge in [0.1, 0.15) is 6.61 Å². The lowest BCUT2D eigenvalue weighted by Crippen LogP contribution is -2.14. The van der Waals surface area contributed by atoms with Gasteiger partial charge in [0, 0.05) is 17.7 Å². The van der Waals surface area contributed by atoms with E-state index in [0.717, 1.165) is 11.3 Å². The second-order valence-corrected chi connectivity index (χ2v) is 4.49. The summed E-state index contributed by atoms with van der Waals surface area (Å²) in [5.41, 5.74) is 2.67. The summed E-state index contributed by atoms with van der Waals surface area (Å²) in [4.78, 5) is 26.4. The lowest BCUT2D eigenvalue weighted by molar-refractivity contribution is -0.301. The van der Waals surface area contributed by atoms with Gasteiger partial charge in [0.2, 0.25) is 0 Å². The highest BCUT2D eigenvalue weighted by Gasteiger charge is 2.08. The van der Waals surface area contributed by atoms with Crippen molar-refractivity contribution in [1.29, 1.82) is 0 Å². The minimum atomic E-state index is -0.165. The summed E-state index contributed by atoms with van der Waals surface area (Å²) in [7, 11) is 0. The van der Waals surface area contributed by atoms with Crippen molar-refractivity contribution in [3.05, 3.63) is 58.5 Å². The van der Waals surface area contributed by atoms with Gasteiger partial charge < -0.3 is 0 Å². The van der Waals surface area contributed by atoms with Crippen LogP contribution in [-0.2, 0) is 16.4 Å². The number of benzene rings is 1. The highest BCUT2D eigenvalue weighted by atomic mass is 17.2. The molecular weight excluding hydrogens is 270 g/mol. The van der Waals surface area contributed by atoms with Gasteiger partial charge in [-0.1, -0.05) is 30.3 Å². The number of nitrogens with one attached hydrogen (secondary N) is 1. The SMILES string of the molecule is CCOOCc1cc2nc(-c3ccccc3)cc(=O)n2[nH]1. The molecule has 0 amide bonds. The van der Waals surface area contributed by atoms with Crippen LogP contribution in [0.25, 0.3) is 16.9 Å². The van der Waals surface area contributed by atoms with Crippen molar-refractivity contribution in [2.75, 3.05) is 6.61 Å². The Kier molecular flexibility index (Phi) is 3.81. The Morgan fingerprint density at radius 2 is 2.00 bits per heavy atom. The first-order valence-corrected chi connectivity index (χ1v) is 6.69. The maximum Gasteiger partial charge on any atom is 0.273 e. The van der Waals surface area contributed by atoms with Crippen molar-refractivity contribution in [2.24, 2.45) is 0 Å². The lowest BCUT2D eigenvalue weighted by atomic mass is 10.1. The third kappa shape index (κ3) is 2.86. The van der Waals surface area contributed by atoms with Crippen LogP contribution in [-0.4, -0.2) is 21.2 Å². The molecule has 1 N–H and O–H groups in total. The first-order valence-electron chi connectivity index (χ1n) is 6.69. The fourth-order valence-electron chi connectivity index (χ4n) is 2.06. The van der Waals surface area contributed by atoms with Crippen molar-refractivity contribution in [3.8, 4) is 11.3 Å². The van der Waals surface area contributed by atoms with Crippen LogP contribution >= 0.6 is 0 Å². The highest BCUT2D eigenvalue weighted by Crippen LogP contribution is 2.15. The molecule has 6 nitrogen and oxygen atoms in total. The Morgan fingerprint density at radius 3 is 2.76 bits per heavy atom. The Bertz CT molecular complexity index is 793. The van der Waals surface area contributed by atoms with E-state index in [9.17, 15) is 4.79 Å². The molecule has 1 aromatic carbocycles. The molecule has 2 aromatic heterocycles. The van der Waals surface area contributed by atoms with Crippen LogP contribution in [0.2, 0.25) is 0 Å². The molecule has 0 unspecified atom stereocenters. The fourth-order valence-corrected chi connectivity index (χ4v) is 2.06. The number of H-pyrrole nitrogens is 1. The van der Waals surface area contributed by atoms with Crippen LogP contribution in [0.4, 0.5) is 0 Å². The number of nitrogens with zero attached hydrogens (tertiary/aromatic N) is 2. The normalized spacial score (nSPS) is 11.1. The molecule has 2 heterocycles. The Hall–Kier alpha value is -2.44. The second kappa shape index (κ2) is 5.90. The van der Waals surface area contributed by atoms with Gasteiger partial charge in [-0.15, -0.1) is 0 Å². The monoisotopic (exact) mass is 285 g/mol. The van der Waals surface area contributed by atoms with Gasteiger partial charge in [-0.05, 0) is 6.92 Å². The van der Waals surface area contributed by atoms with Gasteiger partial charge in [-0.25, -0.2) is 19.3 Å². The summed E-state index contributed by atoms with van der Waals surface area (Å²) in [5, 5.41) is 2.94. The van der Waals surface area contributed by atoms with E-state index in [-0.39, 0.29) is 12.2 Å². The first kappa shape index (κ1) is 13.5. The van der Waals surface area contributed by atoms with Crippen molar-refractivity contribution in [2.45, 2.75) is 13.5 Å². The van der Waals surface area contributed by atoms with Gasteiger partial charge in [0.25, 0.3) is 5.56 Å². The molecule has 0 fully saturated rings. The summed E-state index contributed by atoms with van der Waals surface area (Å²) in [5.74, 6) is 0. The maximum atomic E-state index is 12.1. The van der Waals surface area contributed by atoms with Crippen molar-refractivity contribution >= 4 is 5.65 Å². The molecule has 3 aromatic rings. The molecule has 0 atom stereocenters. The molecule has 0 saturated heterocycles. The van der Waals surface area contributed by atoms with Gasteiger partial charge in [0.15, 0.2) is 5.65 Å². The smallest absolute Gasteiger partial charge is 0.273 e. The molecule has 21 heavy (non-hydrogen) atoms. The highest BCUT2D eigenvalue weighted by molar-refractivity contribution is 5.61. The molecule has 0 saturated carbocycles. The summed E-state index contributed by atoms with van der Waals surface area (Å²) >= 11 is 0. The van der Waals surface area contributed by atoms with Crippen LogP contribution in [0, 0.1) is 0 Å². The van der Waals surface area contributed by atoms with E-state index in [1.807, 2.05) is 37.3 Å². The van der Waals surface area contributed by atoms with Gasteiger partial charge in [0.05, 0.1) is 18.0 Å². The number of aromatic nitrogens is 3. The van der Waals surface area contributed by atoms with Gasteiger partial charge >= 0.3 is 0 Å². The zero-order chi connectivity index (χ0) is 14.7. The van der Waals surface area contributed by atoms with Crippen LogP contribution in [0.5, 0.6) is 0 Å². The van der Waals surface area contributed by atoms with Crippen LogP contribution in [0.1, 0.15) is 12.6 Å². The van der Waals surface area contributed by atoms with Crippen LogP contribution < -0.4 is 5.56 Å². The van der Waals surface area contributed by atoms with E-state index < -0.39 is 0 Å². The van der Waals surface area contributed by atoms with E-state index in [0.29, 0.717) is 17.9 Å². The number of hydrogen-bond donors (Lipinski definition) is 1. The molecule has 108 valence electrons. The first-order chi connectivity index (χ1) is 10.3. The predicted molar refractivity (Wildman–Crippen MR) is 77.7 cm³/mol. The average Bonchev–Trinajstić information content (AvgIpc) is 2.92. The largest absolute Gasteiger partial charge is 0.291 e. The zero-order valence-electron chi connectivity index (χ0n) is 11.6. The molecule has 0 radical (unpaired) electrons. The fraction of sp³-hybridized carbons (Fsp3) is 0.200. The zero-order valence-corrected chi connectivity index (χ0v) is 11.6. The minimum Gasteiger partial charge on any atom is -0.291 e. The second-order valence-electron chi connectivity index (χ2n) is 4.49. The predicted octanol–water partition coefficient (Wildman–Crippen LogP) is 2.16. The number of rotatable bonds is 5. The van der Waals surface area contributed by atoms with E-state index in [1.165, 1.54) is 10.6 Å². The van der Waals surface area contributed by atoms with Gasteiger partial charge in [-0.2, -0.15) is 0 Å². The van der Waals surface area contributed by atoms with E-state index in [4.69, 9.17) is 9.78 Å². The molecule has 0 aliphatic rings. The van der Waals surface area contributed by atoms with E-state index in [1.54, 1.807) is 6.07 Å². The van der Waals surface area contributed by atoms with Crippen LogP contribution in [0.3, 0.4) is 0 Å². The molecule has 0 bridgehead atoms. The Morgan fingerprint density at radius 1 is 1.19 bits per heavy atom. The van der Waals surface area contributed by atoms with Crippen molar-refractivity contribution in [3.63, 3.8) is 0 Å². The number of fused-ring (bicyclic) bond motifs is 1. The molecular formula is C15H15N3O3. The molecule has 0 aliphatic heterocycles. The third-order valence-corrected chi connectivity index (χ3v) is 2.99. The summed E-state index contributed by atoms with van der Waals surface area (Å²) < 4.78 is 1.39. The topological polar surface area (TPSA) is 68.6 Å². The summed E-state index contributed by atoms with van der Waals surface area (Å²) in [6.45, 7) is 2.54. The van der Waals surface area contributed by atoms with Crippen molar-refractivity contribution in [1.82, 2.24) is 14.6 Å². The average molecular weight is 285 g/mol. The van der Waals surface area contributed by atoms with Crippen molar-refractivity contribution < 1.29 is 9.78 Å². The summed E-state index contributed by atoms with van der Waals surface area (Å²) in [6.07, 6.45) is 0. The Labute approximate surface area is 120 Å². The molecule has 0 aliphatic carbocycles. The maximum absolute atomic E-state index is 12.1. The summed E-state index contributed by atoms with van der Waals surface area (Å²) in [6, 6.07) is 12.9. The van der Waals surface area contributed by atoms with E-state index >= 15 is 0 Å². The van der Waals surface area contributed by atoms with Gasteiger partial charge in [-0.3, -0.25) is 9.89 Å². The molecule has 3 rings (SSSR count). The molecule has 0 spiro atoms. The van der Waals surface area contributed by atoms with E-state index in [2.05, 4.69) is 10.1 Å². The third-order valence-electron chi connectivity index (χ3n) is 2.99. The number of aromatic amines is 1. The minimum absolute atomic E-state index is 0.165. The molecule has 6 heteroatoms.